The van der Waals surface area contributed by atoms with Gasteiger partial charge in [0.25, 0.3) is 5.91 Å². The number of benzene rings is 2. The minimum Gasteiger partial charge on any atom is -0.408 e. The Morgan fingerprint density at radius 2 is 1.78 bits per heavy atom. The average Bonchev–Trinajstić information content (AvgIpc) is 2.85. The fourth-order valence-electron chi connectivity index (χ4n) is 2.17. The van der Waals surface area contributed by atoms with Crippen molar-refractivity contribution in [2.24, 2.45) is 0 Å². The summed E-state index contributed by atoms with van der Waals surface area (Å²) in [7, 11) is 0. The van der Waals surface area contributed by atoms with E-state index in [0.717, 1.165) is 0 Å². The third-order valence-corrected chi connectivity index (χ3v) is 3.12. The first-order valence-corrected chi connectivity index (χ1v) is 6.83. The van der Waals surface area contributed by atoms with Crippen LogP contribution in [-0.4, -0.2) is 16.8 Å². The maximum Gasteiger partial charge on any atom is 0.417 e. The van der Waals surface area contributed by atoms with Crippen LogP contribution in [0.3, 0.4) is 0 Å². The van der Waals surface area contributed by atoms with Crippen molar-refractivity contribution in [3.05, 3.63) is 58.6 Å². The first-order valence-electron chi connectivity index (χ1n) is 6.83. The molecule has 0 unspecified atom stereocenters. The molecule has 0 aliphatic heterocycles. The van der Waals surface area contributed by atoms with Gasteiger partial charge in [-0.05, 0) is 36.4 Å². The molecule has 0 spiro atoms. The van der Waals surface area contributed by atoms with Crippen molar-refractivity contribution in [2.45, 2.75) is 6.92 Å². The van der Waals surface area contributed by atoms with E-state index in [1.54, 1.807) is 36.4 Å². The standard InChI is InChI=1S/C16H13N3O4/c1-9(20)17-11-3-2-4-12(8-11)18-15(21)10-5-6-13-14(7-10)23-16(22)19-13/h2-8H,1H3,(H,17,20)(H,18,21)(H,19,22). The number of fused-ring (bicyclic) bond motifs is 1. The van der Waals surface area contributed by atoms with Gasteiger partial charge in [0.05, 0.1) is 5.52 Å². The summed E-state index contributed by atoms with van der Waals surface area (Å²) in [6, 6.07) is 11.5. The van der Waals surface area contributed by atoms with Crippen molar-refractivity contribution in [3.8, 4) is 0 Å². The minimum atomic E-state index is -0.569. The molecule has 2 amide bonds. The van der Waals surface area contributed by atoms with E-state index in [1.807, 2.05) is 0 Å². The predicted molar refractivity (Wildman–Crippen MR) is 85.5 cm³/mol. The highest BCUT2D eigenvalue weighted by molar-refractivity contribution is 6.06. The van der Waals surface area contributed by atoms with Gasteiger partial charge in [0.2, 0.25) is 5.91 Å². The lowest BCUT2D eigenvalue weighted by atomic mass is 10.2. The van der Waals surface area contributed by atoms with E-state index < -0.39 is 5.76 Å². The van der Waals surface area contributed by atoms with E-state index in [4.69, 9.17) is 4.42 Å². The van der Waals surface area contributed by atoms with E-state index in [2.05, 4.69) is 15.6 Å². The quantitative estimate of drug-likeness (QED) is 0.690. The Morgan fingerprint density at radius 1 is 1.04 bits per heavy atom. The van der Waals surface area contributed by atoms with Crippen LogP contribution in [0.1, 0.15) is 17.3 Å². The van der Waals surface area contributed by atoms with Gasteiger partial charge < -0.3 is 15.1 Å². The van der Waals surface area contributed by atoms with Crippen LogP contribution in [0, 0.1) is 0 Å². The van der Waals surface area contributed by atoms with Crippen molar-refractivity contribution in [2.75, 3.05) is 10.6 Å². The molecule has 3 aromatic rings. The van der Waals surface area contributed by atoms with Crippen LogP contribution < -0.4 is 16.4 Å². The second-order valence-corrected chi connectivity index (χ2v) is 4.94. The fourth-order valence-corrected chi connectivity index (χ4v) is 2.17. The number of carbonyl (C=O) groups is 2. The van der Waals surface area contributed by atoms with Gasteiger partial charge in [-0.25, -0.2) is 4.79 Å². The van der Waals surface area contributed by atoms with E-state index in [9.17, 15) is 14.4 Å². The zero-order valence-electron chi connectivity index (χ0n) is 12.2. The summed E-state index contributed by atoms with van der Waals surface area (Å²) in [4.78, 5) is 37.0. The Morgan fingerprint density at radius 3 is 2.52 bits per heavy atom. The molecule has 0 bridgehead atoms. The van der Waals surface area contributed by atoms with E-state index in [0.29, 0.717) is 28.0 Å². The van der Waals surface area contributed by atoms with Crippen molar-refractivity contribution < 1.29 is 14.0 Å². The Hall–Kier alpha value is -3.35. The Kier molecular flexibility index (Phi) is 3.68. The van der Waals surface area contributed by atoms with Crippen molar-refractivity contribution in [1.29, 1.82) is 0 Å². The van der Waals surface area contributed by atoms with E-state index in [-0.39, 0.29) is 11.8 Å². The summed E-state index contributed by atoms with van der Waals surface area (Å²) in [5, 5.41) is 5.36. The molecular weight excluding hydrogens is 298 g/mol. The molecule has 1 aromatic heterocycles. The molecule has 1 heterocycles. The van der Waals surface area contributed by atoms with Crippen LogP contribution in [0.5, 0.6) is 0 Å². The molecule has 0 atom stereocenters. The number of rotatable bonds is 3. The monoisotopic (exact) mass is 311 g/mol. The molecule has 7 heteroatoms. The van der Waals surface area contributed by atoms with Gasteiger partial charge in [0, 0.05) is 23.9 Å². The SMILES string of the molecule is CC(=O)Nc1cccc(NC(=O)c2ccc3[nH]c(=O)oc3c2)c1. The van der Waals surface area contributed by atoms with Crippen LogP contribution >= 0.6 is 0 Å². The number of anilines is 2. The number of H-pyrrole nitrogens is 1. The minimum absolute atomic E-state index is 0.193. The topological polar surface area (TPSA) is 104 Å². The molecule has 0 radical (unpaired) electrons. The zero-order chi connectivity index (χ0) is 16.4. The number of carbonyl (C=O) groups excluding carboxylic acids is 2. The molecule has 7 nitrogen and oxygen atoms in total. The van der Waals surface area contributed by atoms with Gasteiger partial charge >= 0.3 is 5.76 Å². The Balaban J connectivity index is 1.82. The molecule has 0 aliphatic rings. The summed E-state index contributed by atoms with van der Waals surface area (Å²) >= 11 is 0. The molecule has 0 saturated heterocycles. The first-order chi connectivity index (χ1) is 11.0. The van der Waals surface area contributed by atoms with Gasteiger partial charge in [-0.2, -0.15) is 0 Å². The number of hydrogen-bond acceptors (Lipinski definition) is 4. The maximum atomic E-state index is 12.3. The molecule has 3 rings (SSSR count). The summed E-state index contributed by atoms with van der Waals surface area (Å²) in [5.74, 6) is -1.11. The lowest BCUT2D eigenvalue weighted by molar-refractivity contribution is -0.114. The molecular formula is C16H13N3O4. The number of hydrogen-bond donors (Lipinski definition) is 3. The number of nitrogens with one attached hydrogen (secondary N) is 3. The second kappa shape index (κ2) is 5.80. The smallest absolute Gasteiger partial charge is 0.408 e. The van der Waals surface area contributed by atoms with Crippen LogP contribution in [0.2, 0.25) is 0 Å². The highest BCUT2D eigenvalue weighted by atomic mass is 16.4. The third kappa shape index (κ3) is 3.29. The first kappa shape index (κ1) is 14.6. The summed E-state index contributed by atoms with van der Waals surface area (Å²) in [6.07, 6.45) is 0. The molecule has 0 fully saturated rings. The Bertz CT molecular complexity index is 955. The average molecular weight is 311 g/mol. The van der Waals surface area contributed by atoms with Gasteiger partial charge in [-0.1, -0.05) is 6.07 Å². The predicted octanol–water partition coefficient (Wildman–Crippen LogP) is 2.33. The van der Waals surface area contributed by atoms with Gasteiger partial charge in [0.1, 0.15) is 0 Å². The second-order valence-electron chi connectivity index (χ2n) is 4.94. The number of aromatic amines is 1. The lowest BCUT2D eigenvalue weighted by Crippen LogP contribution is -2.12. The van der Waals surface area contributed by atoms with Crippen LogP contribution in [0.25, 0.3) is 11.1 Å². The summed E-state index contributed by atoms with van der Waals surface area (Å²) < 4.78 is 4.93. The van der Waals surface area contributed by atoms with Crippen LogP contribution in [0.15, 0.2) is 51.7 Å². The molecule has 23 heavy (non-hydrogen) atoms. The van der Waals surface area contributed by atoms with Gasteiger partial charge in [-0.15, -0.1) is 0 Å². The number of oxazole rings is 1. The molecule has 116 valence electrons. The van der Waals surface area contributed by atoms with E-state index >= 15 is 0 Å². The fraction of sp³-hybridized carbons (Fsp3) is 0.0625. The highest BCUT2D eigenvalue weighted by Gasteiger charge is 2.10. The summed E-state index contributed by atoms with van der Waals surface area (Å²) in [6.45, 7) is 1.41. The zero-order valence-corrected chi connectivity index (χ0v) is 12.2. The van der Waals surface area contributed by atoms with E-state index in [1.165, 1.54) is 13.0 Å². The largest absolute Gasteiger partial charge is 0.417 e. The third-order valence-electron chi connectivity index (χ3n) is 3.12. The number of aromatic nitrogens is 1. The molecule has 3 N–H and O–H groups in total. The Labute approximate surface area is 130 Å². The highest BCUT2D eigenvalue weighted by Crippen LogP contribution is 2.17. The summed E-state index contributed by atoms with van der Waals surface area (Å²) in [5.41, 5.74) is 2.32. The number of amides is 2. The maximum absolute atomic E-state index is 12.3. The van der Waals surface area contributed by atoms with Crippen LogP contribution in [-0.2, 0) is 4.79 Å². The van der Waals surface area contributed by atoms with Crippen molar-refractivity contribution in [1.82, 2.24) is 4.98 Å². The lowest BCUT2D eigenvalue weighted by Gasteiger charge is -2.08. The molecule has 0 aliphatic carbocycles. The molecule has 2 aromatic carbocycles. The molecule has 0 saturated carbocycles. The van der Waals surface area contributed by atoms with Gasteiger partial charge in [0.15, 0.2) is 5.58 Å². The van der Waals surface area contributed by atoms with Crippen molar-refractivity contribution >= 4 is 34.3 Å². The van der Waals surface area contributed by atoms with Gasteiger partial charge in [-0.3, -0.25) is 14.6 Å². The van der Waals surface area contributed by atoms with Crippen LogP contribution in [0.4, 0.5) is 11.4 Å². The van der Waals surface area contributed by atoms with Crippen molar-refractivity contribution in [3.63, 3.8) is 0 Å². The normalized spacial score (nSPS) is 10.5.